The SMILES string of the molecule is Cc1cnc(CNC(C)C(=O)NC2CC2)c(C)c1[N+](=O)[O-]. The Kier molecular flexibility index (Phi) is 4.52. The van der Waals surface area contributed by atoms with Crippen LogP contribution in [0.3, 0.4) is 0 Å². The molecule has 0 spiro atoms. The minimum Gasteiger partial charge on any atom is -0.352 e. The van der Waals surface area contributed by atoms with Crippen molar-refractivity contribution in [3.63, 3.8) is 0 Å². The number of nitrogens with one attached hydrogen (secondary N) is 2. The predicted molar refractivity (Wildman–Crippen MR) is 77.8 cm³/mol. The van der Waals surface area contributed by atoms with Crippen LogP contribution in [0.5, 0.6) is 0 Å². The van der Waals surface area contributed by atoms with Crippen LogP contribution in [0.2, 0.25) is 0 Å². The number of pyridine rings is 1. The third-order valence-electron chi connectivity index (χ3n) is 3.65. The zero-order chi connectivity index (χ0) is 15.6. The third-order valence-corrected chi connectivity index (χ3v) is 3.65. The quantitative estimate of drug-likeness (QED) is 0.609. The van der Waals surface area contributed by atoms with Crippen molar-refractivity contribution in [2.75, 3.05) is 0 Å². The van der Waals surface area contributed by atoms with E-state index in [1.807, 2.05) is 0 Å². The summed E-state index contributed by atoms with van der Waals surface area (Å²) in [7, 11) is 0. The fourth-order valence-electron chi connectivity index (χ4n) is 2.12. The van der Waals surface area contributed by atoms with Gasteiger partial charge in [0.25, 0.3) is 5.69 Å². The number of aryl methyl sites for hydroxylation is 1. The Hall–Kier alpha value is -2.02. The van der Waals surface area contributed by atoms with Crippen LogP contribution in [0, 0.1) is 24.0 Å². The van der Waals surface area contributed by atoms with E-state index >= 15 is 0 Å². The van der Waals surface area contributed by atoms with E-state index in [0.29, 0.717) is 29.4 Å². The molecule has 1 aromatic heterocycles. The van der Waals surface area contributed by atoms with Gasteiger partial charge in [-0.25, -0.2) is 0 Å². The topological polar surface area (TPSA) is 97.2 Å². The minimum absolute atomic E-state index is 0.0447. The van der Waals surface area contributed by atoms with Gasteiger partial charge in [-0.1, -0.05) is 0 Å². The molecule has 2 rings (SSSR count). The second-order valence-electron chi connectivity index (χ2n) is 5.50. The molecule has 1 atom stereocenters. The van der Waals surface area contributed by atoms with Crippen molar-refractivity contribution in [1.29, 1.82) is 0 Å². The maximum Gasteiger partial charge on any atom is 0.278 e. The summed E-state index contributed by atoms with van der Waals surface area (Å²) < 4.78 is 0. The predicted octanol–water partition coefficient (Wildman–Crippen LogP) is 1.36. The second kappa shape index (κ2) is 6.17. The molecule has 1 unspecified atom stereocenters. The van der Waals surface area contributed by atoms with Gasteiger partial charge in [0.05, 0.1) is 16.7 Å². The summed E-state index contributed by atoms with van der Waals surface area (Å²) >= 11 is 0. The van der Waals surface area contributed by atoms with Gasteiger partial charge >= 0.3 is 0 Å². The molecule has 1 fully saturated rings. The van der Waals surface area contributed by atoms with Crippen molar-refractivity contribution in [2.45, 2.75) is 52.2 Å². The molecule has 0 radical (unpaired) electrons. The largest absolute Gasteiger partial charge is 0.352 e. The number of hydrogen-bond acceptors (Lipinski definition) is 5. The maximum atomic E-state index is 11.8. The number of amides is 1. The molecule has 114 valence electrons. The molecule has 1 amide bonds. The van der Waals surface area contributed by atoms with Crippen molar-refractivity contribution in [3.8, 4) is 0 Å². The molecule has 7 nitrogen and oxygen atoms in total. The molecule has 0 aromatic carbocycles. The number of nitrogens with zero attached hydrogens (tertiary/aromatic N) is 2. The van der Waals surface area contributed by atoms with E-state index < -0.39 is 0 Å². The lowest BCUT2D eigenvalue weighted by atomic mass is 10.1. The van der Waals surface area contributed by atoms with Gasteiger partial charge in [0, 0.05) is 29.9 Å². The molecule has 1 saturated carbocycles. The first-order chi connectivity index (χ1) is 9.90. The van der Waals surface area contributed by atoms with Gasteiger partial charge in [0.15, 0.2) is 0 Å². The van der Waals surface area contributed by atoms with E-state index in [4.69, 9.17) is 0 Å². The van der Waals surface area contributed by atoms with Crippen LogP contribution in [0.1, 0.15) is 36.6 Å². The Morgan fingerprint density at radius 2 is 2.19 bits per heavy atom. The Labute approximate surface area is 123 Å². The number of hydrogen-bond donors (Lipinski definition) is 2. The summed E-state index contributed by atoms with van der Waals surface area (Å²) in [5.74, 6) is -0.0447. The van der Waals surface area contributed by atoms with E-state index in [-0.39, 0.29) is 22.6 Å². The highest BCUT2D eigenvalue weighted by Crippen LogP contribution is 2.24. The zero-order valence-electron chi connectivity index (χ0n) is 12.5. The lowest BCUT2D eigenvalue weighted by Gasteiger charge is -2.14. The summed E-state index contributed by atoms with van der Waals surface area (Å²) in [4.78, 5) is 26.7. The van der Waals surface area contributed by atoms with Gasteiger partial charge < -0.3 is 10.6 Å². The number of rotatable bonds is 6. The summed E-state index contributed by atoms with van der Waals surface area (Å²) in [5, 5.41) is 17.0. The van der Waals surface area contributed by atoms with Crippen molar-refractivity contribution < 1.29 is 9.72 Å². The highest BCUT2D eigenvalue weighted by Gasteiger charge is 2.25. The van der Waals surface area contributed by atoms with Crippen LogP contribution < -0.4 is 10.6 Å². The van der Waals surface area contributed by atoms with Gasteiger partial charge in [0.2, 0.25) is 5.91 Å². The van der Waals surface area contributed by atoms with Gasteiger partial charge in [-0.05, 0) is 33.6 Å². The smallest absolute Gasteiger partial charge is 0.278 e. The Morgan fingerprint density at radius 1 is 1.52 bits per heavy atom. The number of carbonyl (C=O) groups is 1. The molecule has 1 aromatic rings. The van der Waals surface area contributed by atoms with Crippen LogP contribution in [0.15, 0.2) is 6.20 Å². The summed E-state index contributed by atoms with van der Waals surface area (Å²) in [6.45, 7) is 5.45. The maximum absolute atomic E-state index is 11.8. The first-order valence-electron chi connectivity index (χ1n) is 7.03. The minimum atomic E-state index is -0.390. The molecular formula is C14H20N4O3. The van der Waals surface area contributed by atoms with Crippen LogP contribution in [-0.4, -0.2) is 27.9 Å². The average Bonchev–Trinajstić information content (AvgIpc) is 3.21. The molecule has 21 heavy (non-hydrogen) atoms. The van der Waals surface area contributed by atoms with Gasteiger partial charge in [0.1, 0.15) is 0 Å². The molecule has 7 heteroatoms. The molecule has 0 saturated heterocycles. The van der Waals surface area contributed by atoms with Gasteiger partial charge in [-0.15, -0.1) is 0 Å². The van der Waals surface area contributed by atoms with Crippen LogP contribution in [0.25, 0.3) is 0 Å². The molecule has 1 heterocycles. The number of carbonyl (C=O) groups excluding carboxylic acids is 1. The lowest BCUT2D eigenvalue weighted by molar-refractivity contribution is -0.386. The van der Waals surface area contributed by atoms with E-state index in [9.17, 15) is 14.9 Å². The number of nitro groups is 1. The highest BCUT2D eigenvalue weighted by molar-refractivity contribution is 5.81. The zero-order valence-corrected chi connectivity index (χ0v) is 12.5. The Bertz CT molecular complexity index is 570. The third kappa shape index (κ3) is 3.75. The molecule has 0 bridgehead atoms. The van der Waals surface area contributed by atoms with Crippen molar-refractivity contribution in [3.05, 3.63) is 33.1 Å². The lowest BCUT2D eigenvalue weighted by Crippen LogP contribution is -2.42. The Balaban J connectivity index is 2.01. The summed E-state index contributed by atoms with van der Waals surface area (Å²) in [6.07, 6.45) is 3.59. The van der Waals surface area contributed by atoms with Crippen molar-refractivity contribution in [2.24, 2.45) is 0 Å². The molecule has 2 N–H and O–H groups in total. The fraction of sp³-hybridized carbons (Fsp3) is 0.571. The van der Waals surface area contributed by atoms with E-state index in [0.717, 1.165) is 12.8 Å². The summed E-state index contributed by atoms with van der Waals surface area (Å²) in [6, 6.07) is -0.0331. The van der Waals surface area contributed by atoms with Crippen molar-refractivity contribution in [1.82, 2.24) is 15.6 Å². The standard InChI is InChI=1S/C14H20N4O3/c1-8-6-16-12(9(2)13(8)18(20)21)7-15-10(3)14(19)17-11-4-5-11/h6,10-11,15H,4-5,7H2,1-3H3,(H,17,19). The first kappa shape index (κ1) is 15.4. The van der Waals surface area contributed by atoms with E-state index in [1.54, 1.807) is 20.8 Å². The average molecular weight is 292 g/mol. The van der Waals surface area contributed by atoms with E-state index in [1.165, 1.54) is 6.20 Å². The fourth-order valence-corrected chi connectivity index (χ4v) is 2.12. The van der Waals surface area contributed by atoms with E-state index in [2.05, 4.69) is 15.6 Å². The Morgan fingerprint density at radius 3 is 2.76 bits per heavy atom. The van der Waals surface area contributed by atoms with Gasteiger partial charge in [-0.2, -0.15) is 0 Å². The second-order valence-corrected chi connectivity index (χ2v) is 5.50. The molecular weight excluding hydrogens is 272 g/mol. The molecule has 1 aliphatic rings. The monoisotopic (exact) mass is 292 g/mol. The normalized spacial score (nSPS) is 15.6. The molecule has 0 aliphatic heterocycles. The first-order valence-corrected chi connectivity index (χ1v) is 7.03. The summed E-state index contributed by atoms with van der Waals surface area (Å²) in [5.41, 5.74) is 1.78. The highest BCUT2D eigenvalue weighted by atomic mass is 16.6. The number of aromatic nitrogens is 1. The van der Waals surface area contributed by atoms with Gasteiger partial charge in [-0.3, -0.25) is 19.9 Å². The van der Waals surface area contributed by atoms with Crippen LogP contribution in [0.4, 0.5) is 5.69 Å². The molecule has 1 aliphatic carbocycles. The van der Waals surface area contributed by atoms with Crippen LogP contribution >= 0.6 is 0 Å². The van der Waals surface area contributed by atoms with Crippen molar-refractivity contribution >= 4 is 11.6 Å². The van der Waals surface area contributed by atoms with Crippen LogP contribution in [-0.2, 0) is 11.3 Å².